The van der Waals surface area contributed by atoms with E-state index in [1.54, 1.807) is 42.3 Å². The van der Waals surface area contributed by atoms with Crippen LogP contribution in [0.15, 0.2) is 66.9 Å². The third-order valence-electron chi connectivity index (χ3n) is 12.2. The summed E-state index contributed by atoms with van der Waals surface area (Å²) in [7, 11) is 0.740. The number of piperidine rings is 2. The fourth-order valence-corrected chi connectivity index (χ4v) is 10.1. The Morgan fingerprint density at radius 1 is 0.905 bits per heavy atom. The maximum Gasteiger partial charge on any atom is 0.362 e. The third kappa shape index (κ3) is 9.69. The van der Waals surface area contributed by atoms with Crippen molar-refractivity contribution in [1.29, 1.82) is 0 Å². The molecular formula is C45H51ClN9O7P. The first kappa shape index (κ1) is 44.1. The van der Waals surface area contributed by atoms with Gasteiger partial charge in [0.2, 0.25) is 17.8 Å². The van der Waals surface area contributed by atoms with Crippen molar-refractivity contribution in [1.82, 2.24) is 30.0 Å². The summed E-state index contributed by atoms with van der Waals surface area (Å²) in [6, 6.07) is 18.5. The second-order valence-corrected chi connectivity index (χ2v) is 18.4. The molecule has 1 aromatic heterocycles. The lowest BCUT2D eigenvalue weighted by atomic mass is 10.0. The number of ether oxygens (including phenoxy) is 1. The van der Waals surface area contributed by atoms with Crippen molar-refractivity contribution in [3.05, 3.63) is 88.6 Å². The van der Waals surface area contributed by atoms with Gasteiger partial charge >= 0.3 is 7.60 Å². The molecule has 0 spiro atoms. The van der Waals surface area contributed by atoms with Gasteiger partial charge in [-0.05, 0) is 61.2 Å². The number of fused-ring (bicyclic) bond motifs is 1. The van der Waals surface area contributed by atoms with Crippen LogP contribution in [-0.2, 0) is 29.7 Å². The number of amides is 3. The first-order valence-corrected chi connectivity index (χ1v) is 23.0. The average Bonchev–Trinajstić information content (AvgIpc) is 3.65. The number of anilines is 5. The number of halogens is 1. The summed E-state index contributed by atoms with van der Waals surface area (Å²) >= 11 is 6.49. The van der Waals surface area contributed by atoms with Crippen LogP contribution in [0.4, 0.5) is 28.8 Å². The van der Waals surface area contributed by atoms with E-state index in [0.717, 1.165) is 81.9 Å². The lowest BCUT2D eigenvalue weighted by Crippen LogP contribution is -2.53. The Bertz CT molecular complexity index is 2470. The van der Waals surface area contributed by atoms with Gasteiger partial charge in [-0.1, -0.05) is 41.6 Å². The van der Waals surface area contributed by atoms with E-state index < -0.39 is 19.5 Å². The highest BCUT2D eigenvalue weighted by Crippen LogP contribution is 2.47. The van der Waals surface area contributed by atoms with Crippen LogP contribution in [0.2, 0.25) is 5.02 Å². The van der Waals surface area contributed by atoms with Crippen LogP contribution in [-0.4, -0.2) is 122 Å². The minimum Gasteiger partial charge on any atom is -0.494 e. The average molecular weight is 896 g/mol. The van der Waals surface area contributed by atoms with Gasteiger partial charge in [-0.25, -0.2) is 4.98 Å². The van der Waals surface area contributed by atoms with Crippen LogP contribution in [0.3, 0.4) is 0 Å². The third-order valence-corrected chi connectivity index (χ3v) is 14.4. The maximum absolute atomic E-state index is 13.2. The molecule has 0 aliphatic carbocycles. The molecule has 3 saturated heterocycles. The Labute approximate surface area is 372 Å². The first-order chi connectivity index (χ1) is 30.6. The number of imide groups is 1. The van der Waals surface area contributed by atoms with Gasteiger partial charge in [0, 0.05) is 108 Å². The minimum absolute atomic E-state index is 0.184. The molecule has 16 nitrogen and oxygen atoms in total. The second kappa shape index (κ2) is 19.5. The molecule has 1 atom stereocenters. The number of methoxy groups -OCH3 is 1. The van der Waals surface area contributed by atoms with Gasteiger partial charge in [0.05, 0.1) is 30.0 Å². The van der Waals surface area contributed by atoms with Gasteiger partial charge in [0.1, 0.15) is 16.8 Å². The van der Waals surface area contributed by atoms with E-state index in [1.807, 2.05) is 24.3 Å². The molecule has 0 saturated carbocycles. The van der Waals surface area contributed by atoms with Crippen LogP contribution in [0.25, 0.3) is 0 Å². The Morgan fingerprint density at radius 2 is 1.68 bits per heavy atom. The Balaban J connectivity index is 0.805. The number of para-hydroxylation sites is 1. The van der Waals surface area contributed by atoms with Crippen LogP contribution in [0, 0.1) is 11.8 Å². The fraction of sp³-hybridized carbons (Fsp3) is 0.400. The minimum atomic E-state index is -3.56. The molecule has 5 heterocycles. The highest BCUT2D eigenvalue weighted by molar-refractivity contribution is 7.62. The number of hydrogen-bond donors (Lipinski definition) is 3. The zero-order valence-corrected chi connectivity index (χ0v) is 37.2. The lowest BCUT2D eigenvalue weighted by Gasteiger charge is -2.43. The highest BCUT2D eigenvalue weighted by Gasteiger charge is 2.40. The maximum atomic E-state index is 13.2. The van der Waals surface area contributed by atoms with Gasteiger partial charge in [0.25, 0.3) is 5.91 Å². The molecule has 8 rings (SSSR count). The topological polar surface area (TPSA) is 171 Å². The van der Waals surface area contributed by atoms with E-state index in [2.05, 4.69) is 58.5 Å². The fourth-order valence-electron chi connectivity index (χ4n) is 8.75. The van der Waals surface area contributed by atoms with E-state index in [4.69, 9.17) is 25.4 Å². The van der Waals surface area contributed by atoms with Crippen molar-refractivity contribution in [3.8, 4) is 17.6 Å². The lowest BCUT2D eigenvalue weighted by molar-refractivity contribution is -0.136. The summed E-state index contributed by atoms with van der Waals surface area (Å²) in [6.45, 7) is 7.11. The van der Waals surface area contributed by atoms with Gasteiger partial charge in [-0.3, -0.25) is 34.1 Å². The van der Waals surface area contributed by atoms with Crippen LogP contribution < -0.4 is 30.9 Å². The molecule has 3 fully saturated rings. The predicted octanol–water partition coefficient (Wildman–Crippen LogP) is 5.53. The number of carbonyl (C=O) groups is 3. The highest BCUT2D eigenvalue weighted by atomic mass is 35.5. The smallest absolute Gasteiger partial charge is 0.362 e. The molecule has 3 amide bonds. The number of carbonyl (C=O) groups excluding carboxylic acids is 3. The molecule has 3 aromatic carbocycles. The Kier molecular flexibility index (Phi) is 13.6. The summed E-state index contributed by atoms with van der Waals surface area (Å²) in [6.07, 6.45) is 4.91. The standard InChI is InChI=1S/C45H51ClN9O7P/c1-60-39-27-32(14-15-36(39)49-45-47-28-35(46)42(51-45)48-37-12-4-5-13-40(37)63(59,61-2)62-3)53-21-18-31(19-22-53)54-25-23-52(24-26-54)20-7-6-9-30-10-8-11-33-34(30)29-55(44(33)58)38-16-17-41(56)50-43(38)57/h4-5,8,10-15,27-28,31,38H,7,16-26,29H2,1-3H3,(H,50,56,57)(H2,47,48,49,51). The van der Waals surface area contributed by atoms with Crippen molar-refractivity contribution in [2.24, 2.45) is 0 Å². The summed E-state index contributed by atoms with van der Waals surface area (Å²) in [5, 5.41) is 9.39. The number of piperazine rings is 1. The molecule has 1 unspecified atom stereocenters. The summed E-state index contributed by atoms with van der Waals surface area (Å²) in [5.41, 5.74) is 4.50. The quantitative estimate of drug-likeness (QED) is 0.0871. The van der Waals surface area contributed by atoms with Crippen molar-refractivity contribution in [3.63, 3.8) is 0 Å². The Hall–Kier alpha value is -5.53. The Morgan fingerprint density at radius 3 is 2.43 bits per heavy atom. The summed E-state index contributed by atoms with van der Waals surface area (Å²) < 4.78 is 29.5. The van der Waals surface area contributed by atoms with Crippen molar-refractivity contribution in [2.45, 2.75) is 50.7 Å². The zero-order chi connectivity index (χ0) is 44.1. The van der Waals surface area contributed by atoms with Gasteiger partial charge < -0.3 is 34.2 Å². The summed E-state index contributed by atoms with van der Waals surface area (Å²) in [4.78, 5) is 55.4. The number of rotatable bonds is 13. The van der Waals surface area contributed by atoms with Crippen LogP contribution >= 0.6 is 19.2 Å². The molecule has 4 aliphatic heterocycles. The SMILES string of the molecule is COc1cc(N2CCC(N3CCN(CCC#Cc4cccc5c4CN(C4CCC(=O)NC4=O)C5=O)CC3)CC2)ccc1Nc1ncc(Cl)c(Nc2ccccc2P(=O)(OC)OC)n1. The number of benzene rings is 3. The predicted molar refractivity (Wildman–Crippen MR) is 242 cm³/mol. The molecular weight excluding hydrogens is 845 g/mol. The van der Waals surface area contributed by atoms with E-state index >= 15 is 0 Å². The zero-order valence-electron chi connectivity index (χ0n) is 35.6. The molecule has 18 heteroatoms. The summed E-state index contributed by atoms with van der Waals surface area (Å²) in [5.74, 6) is 6.99. The molecule has 0 bridgehead atoms. The van der Waals surface area contributed by atoms with Crippen LogP contribution in [0.5, 0.6) is 5.75 Å². The first-order valence-electron chi connectivity index (χ1n) is 21.1. The normalized spacial score (nSPS) is 18.7. The number of nitrogens with zero attached hydrogens (tertiary/aromatic N) is 6. The van der Waals surface area contributed by atoms with Crippen LogP contribution in [0.1, 0.15) is 53.6 Å². The molecule has 63 heavy (non-hydrogen) atoms. The van der Waals surface area contributed by atoms with E-state index in [-0.39, 0.29) is 29.2 Å². The van der Waals surface area contributed by atoms with E-state index in [9.17, 15) is 18.9 Å². The van der Waals surface area contributed by atoms with E-state index in [0.29, 0.717) is 52.8 Å². The largest absolute Gasteiger partial charge is 0.494 e. The van der Waals surface area contributed by atoms with Crippen molar-refractivity contribution < 1.29 is 32.7 Å². The number of hydrogen-bond acceptors (Lipinski definition) is 14. The number of aromatic nitrogens is 2. The molecule has 4 aromatic rings. The second-order valence-electron chi connectivity index (χ2n) is 15.8. The monoisotopic (exact) mass is 895 g/mol. The van der Waals surface area contributed by atoms with Gasteiger partial charge in [0.15, 0.2) is 5.82 Å². The molecule has 4 aliphatic rings. The van der Waals surface area contributed by atoms with Gasteiger partial charge in [-0.2, -0.15) is 4.98 Å². The number of nitrogens with one attached hydrogen (secondary N) is 3. The molecule has 330 valence electrons. The molecule has 3 N–H and O–H groups in total. The van der Waals surface area contributed by atoms with Crippen molar-refractivity contribution in [2.75, 3.05) is 82.7 Å². The van der Waals surface area contributed by atoms with Gasteiger partial charge in [-0.15, -0.1) is 0 Å². The molecule has 0 radical (unpaired) electrons. The van der Waals surface area contributed by atoms with E-state index in [1.165, 1.54) is 20.4 Å². The van der Waals surface area contributed by atoms with Crippen molar-refractivity contribution >= 4 is 71.1 Å².